The lowest BCUT2D eigenvalue weighted by Crippen LogP contribution is -2.48. The van der Waals surface area contributed by atoms with Gasteiger partial charge in [0, 0.05) is 45.2 Å². The van der Waals surface area contributed by atoms with Crippen molar-refractivity contribution in [2.45, 2.75) is 58.2 Å². The van der Waals surface area contributed by atoms with Crippen LogP contribution in [0.15, 0.2) is 66.7 Å². The lowest BCUT2D eigenvalue weighted by molar-refractivity contribution is -0.137. The molecule has 2 amide bonds. The summed E-state index contributed by atoms with van der Waals surface area (Å²) in [5, 5.41) is 3.05. The van der Waals surface area contributed by atoms with Crippen molar-refractivity contribution in [3.63, 3.8) is 0 Å². The summed E-state index contributed by atoms with van der Waals surface area (Å²) >= 11 is 0. The molecule has 0 saturated carbocycles. The summed E-state index contributed by atoms with van der Waals surface area (Å²) in [5.41, 5.74) is 4.74. The van der Waals surface area contributed by atoms with Crippen molar-refractivity contribution in [3.8, 4) is 11.1 Å². The fourth-order valence-corrected chi connectivity index (χ4v) is 5.89. The summed E-state index contributed by atoms with van der Waals surface area (Å²) < 4.78 is 45.1. The summed E-state index contributed by atoms with van der Waals surface area (Å²) in [6, 6.07) is 18.1. The molecule has 9 heteroatoms. The highest BCUT2D eigenvalue weighted by Crippen LogP contribution is 2.32. The SMILES string of the molecule is Cc1cccc(C)c1CCCC(=O)NCCCCN1CCOC(CN(C)C(=O)c2ccccc2-c2ccc(C(F)(F)F)cc2)C1. The number of aryl methyl sites for hydroxylation is 2. The summed E-state index contributed by atoms with van der Waals surface area (Å²) in [4.78, 5) is 29.7. The molecule has 1 unspecified atom stereocenters. The van der Waals surface area contributed by atoms with Gasteiger partial charge in [-0.05, 0) is 92.1 Å². The quantitative estimate of drug-likeness (QED) is 0.216. The van der Waals surface area contributed by atoms with E-state index in [0.717, 1.165) is 50.9 Å². The van der Waals surface area contributed by atoms with Crippen molar-refractivity contribution >= 4 is 11.8 Å². The number of unbranched alkanes of at least 4 members (excludes halogenated alkanes) is 1. The van der Waals surface area contributed by atoms with Crippen LogP contribution in [0.1, 0.15) is 58.3 Å². The molecule has 0 spiro atoms. The van der Waals surface area contributed by atoms with Gasteiger partial charge in [-0.3, -0.25) is 14.5 Å². The van der Waals surface area contributed by atoms with E-state index in [2.05, 4.69) is 42.3 Å². The lowest BCUT2D eigenvalue weighted by Gasteiger charge is -2.35. The Morgan fingerprint density at radius 3 is 2.38 bits per heavy atom. The minimum Gasteiger partial charge on any atom is -0.374 e. The van der Waals surface area contributed by atoms with E-state index < -0.39 is 11.7 Å². The highest BCUT2D eigenvalue weighted by molar-refractivity contribution is 6.00. The van der Waals surface area contributed by atoms with Gasteiger partial charge in [0.1, 0.15) is 0 Å². The molecule has 1 aliphatic heterocycles. The van der Waals surface area contributed by atoms with Crippen molar-refractivity contribution in [3.05, 3.63) is 94.5 Å². The molecule has 1 fully saturated rings. The van der Waals surface area contributed by atoms with Crippen LogP contribution in [-0.2, 0) is 22.1 Å². The van der Waals surface area contributed by atoms with Crippen molar-refractivity contribution in [2.24, 2.45) is 0 Å². The maximum absolute atomic E-state index is 13.4. The summed E-state index contributed by atoms with van der Waals surface area (Å²) in [7, 11) is 1.72. The van der Waals surface area contributed by atoms with E-state index in [-0.39, 0.29) is 17.9 Å². The van der Waals surface area contributed by atoms with Crippen LogP contribution in [-0.4, -0.2) is 74.1 Å². The Morgan fingerprint density at radius 2 is 1.67 bits per heavy atom. The number of carbonyl (C=O) groups excluding carboxylic acids is 2. The van der Waals surface area contributed by atoms with Crippen molar-refractivity contribution < 1.29 is 27.5 Å². The third kappa shape index (κ3) is 9.90. The molecule has 0 aliphatic carbocycles. The number of benzene rings is 3. The normalized spacial score (nSPS) is 15.6. The second-order valence-electron chi connectivity index (χ2n) is 11.9. The molecule has 0 radical (unpaired) electrons. The molecular weight excluding hydrogens is 579 g/mol. The largest absolute Gasteiger partial charge is 0.416 e. The predicted octanol–water partition coefficient (Wildman–Crippen LogP) is 6.68. The Bertz CT molecular complexity index is 1400. The topological polar surface area (TPSA) is 61.9 Å². The maximum Gasteiger partial charge on any atom is 0.416 e. The Labute approximate surface area is 264 Å². The molecule has 1 aliphatic rings. The fourth-order valence-electron chi connectivity index (χ4n) is 5.89. The van der Waals surface area contributed by atoms with Crippen LogP contribution < -0.4 is 5.32 Å². The van der Waals surface area contributed by atoms with Gasteiger partial charge in [0.2, 0.25) is 5.91 Å². The first-order valence-corrected chi connectivity index (χ1v) is 15.7. The molecule has 0 bridgehead atoms. The minimum atomic E-state index is -4.42. The summed E-state index contributed by atoms with van der Waals surface area (Å²) in [6.07, 6.45) is -0.447. The molecule has 0 aromatic heterocycles. The average Bonchev–Trinajstić information content (AvgIpc) is 3.02. The maximum atomic E-state index is 13.4. The molecule has 4 rings (SSSR count). The molecule has 1 saturated heterocycles. The second-order valence-corrected chi connectivity index (χ2v) is 11.9. The zero-order chi connectivity index (χ0) is 32.4. The van der Waals surface area contributed by atoms with Gasteiger partial charge < -0.3 is 15.0 Å². The fraction of sp³-hybridized carbons (Fsp3) is 0.444. The van der Waals surface area contributed by atoms with Crippen LogP contribution in [0.3, 0.4) is 0 Å². The monoisotopic (exact) mass is 623 g/mol. The number of nitrogens with zero attached hydrogens (tertiary/aromatic N) is 2. The number of hydrogen-bond donors (Lipinski definition) is 1. The number of halogens is 3. The van der Waals surface area contributed by atoms with Gasteiger partial charge in [-0.1, -0.05) is 48.5 Å². The first kappa shape index (κ1) is 34.2. The second kappa shape index (κ2) is 16.0. The van der Waals surface area contributed by atoms with Crippen molar-refractivity contribution in [2.75, 3.05) is 46.4 Å². The Balaban J connectivity index is 1.18. The Hall–Kier alpha value is -3.69. The molecule has 1 N–H and O–H groups in total. The number of morpholine rings is 1. The van der Waals surface area contributed by atoms with Crippen LogP contribution in [0.4, 0.5) is 13.2 Å². The standard InChI is InChI=1S/C36H44F3N3O3/c1-26-10-8-11-27(2)31(26)14-9-15-34(43)40-20-6-7-21-42-22-23-45-30(25-42)24-41(3)35(44)33-13-5-4-12-32(33)28-16-18-29(19-17-28)36(37,38)39/h4-5,8,10-13,16-19,30H,6-7,9,14-15,20-25H2,1-3H3,(H,40,43). The van der Waals surface area contributed by atoms with Crippen molar-refractivity contribution in [1.29, 1.82) is 0 Å². The number of alkyl halides is 3. The molecule has 242 valence electrons. The summed E-state index contributed by atoms with van der Waals surface area (Å²) in [5.74, 6) is -0.115. The smallest absolute Gasteiger partial charge is 0.374 e. The molecule has 1 atom stereocenters. The highest BCUT2D eigenvalue weighted by atomic mass is 19.4. The number of likely N-dealkylation sites (N-methyl/N-ethyl adjacent to an activating group) is 1. The van der Waals surface area contributed by atoms with E-state index in [9.17, 15) is 22.8 Å². The zero-order valence-electron chi connectivity index (χ0n) is 26.5. The van der Waals surface area contributed by atoms with Gasteiger partial charge in [0.05, 0.1) is 18.3 Å². The first-order valence-electron chi connectivity index (χ1n) is 15.7. The van der Waals surface area contributed by atoms with Crippen LogP contribution in [0.25, 0.3) is 11.1 Å². The van der Waals surface area contributed by atoms with Gasteiger partial charge in [0.25, 0.3) is 5.91 Å². The van der Waals surface area contributed by atoms with E-state index in [4.69, 9.17) is 4.74 Å². The summed E-state index contributed by atoms with van der Waals surface area (Å²) in [6.45, 7) is 8.26. The first-order chi connectivity index (χ1) is 21.5. The molecule has 1 heterocycles. The number of amides is 2. The molecule has 3 aromatic carbocycles. The minimum absolute atomic E-state index is 0.0975. The van der Waals surface area contributed by atoms with Crippen LogP contribution in [0, 0.1) is 13.8 Å². The van der Waals surface area contributed by atoms with Crippen LogP contribution in [0.2, 0.25) is 0 Å². The predicted molar refractivity (Wildman–Crippen MR) is 171 cm³/mol. The third-order valence-electron chi connectivity index (χ3n) is 8.43. The van der Waals surface area contributed by atoms with Gasteiger partial charge in [-0.15, -0.1) is 0 Å². The van der Waals surface area contributed by atoms with Gasteiger partial charge in [-0.2, -0.15) is 13.2 Å². The van der Waals surface area contributed by atoms with Gasteiger partial charge in [0.15, 0.2) is 0 Å². The number of hydrogen-bond acceptors (Lipinski definition) is 4. The van der Waals surface area contributed by atoms with Crippen LogP contribution >= 0.6 is 0 Å². The van der Waals surface area contributed by atoms with E-state index in [0.29, 0.717) is 49.4 Å². The molecule has 6 nitrogen and oxygen atoms in total. The molecular formula is C36H44F3N3O3. The molecule has 3 aromatic rings. The highest BCUT2D eigenvalue weighted by Gasteiger charge is 2.30. The number of carbonyl (C=O) groups is 2. The van der Waals surface area contributed by atoms with Crippen LogP contribution in [0.5, 0.6) is 0 Å². The molecule has 45 heavy (non-hydrogen) atoms. The van der Waals surface area contributed by atoms with Gasteiger partial charge in [-0.25, -0.2) is 0 Å². The lowest BCUT2D eigenvalue weighted by atomic mass is 9.97. The number of rotatable bonds is 13. The Morgan fingerprint density at radius 1 is 0.956 bits per heavy atom. The van der Waals surface area contributed by atoms with E-state index in [1.54, 1.807) is 36.2 Å². The third-order valence-corrected chi connectivity index (χ3v) is 8.43. The number of nitrogens with one attached hydrogen (secondary N) is 1. The Kier molecular flexibility index (Phi) is 12.2. The van der Waals surface area contributed by atoms with E-state index >= 15 is 0 Å². The van der Waals surface area contributed by atoms with E-state index in [1.165, 1.54) is 28.8 Å². The van der Waals surface area contributed by atoms with E-state index in [1.807, 2.05) is 0 Å². The zero-order valence-corrected chi connectivity index (χ0v) is 26.5. The average molecular weight is 624 g/mol. The number of ether oxygens (including phenoxy) is 1. The van der Waals surface area contributed by atoms with Gasteiger partial charge >= 0.3 is 6.18 Å². The van der Waals surface area contributed by atoms with Crippen molar-refractivity contribution in [1.82, 2.24) is 15.1 Å².